The number of rotatable bonds is 5. The number of hydrogen-bond donors (Lipinski definition) is 2. The summed E-state index contributed by atoms with van der Waals surface area (Å²) in [5.41, 5.74) is 0. The first kappa shape index (κ1) is 10.9. The van der Waals surface area contributed by atoms with E-state index in [2.05, 4.69) is 25.4 Å². The molecule has 8 nitrogen and oxygen atoms in total. The van der Waals surface area contributed by atoms with Crippen molar-refractivity contribution >= 4 is 16.0 Å². The van der Waals surface area contributed by atoms with Crippen molar-refractivity contribution in [3.63, 3.8) is 0 Å². The molecule has 2 N–H and O–H groups in total. The van der Waals surface area contributed by atoms with Crippen LogP contribution in [0.25, 0.3) is 0 Å². The molecule has 0 aliphatic heterocycles. The highest BCUT2D eigenvalue weighted by Crippen LogP contribution is 1.97. The van der Waals surface area contributed by atoms with Crippen LogP contribution in [0.15, 0.2) is 0 Å². The van der Waals surface area contributed by atoms with Gasteiger partial charge in [0.15, 0.2) is 0 Å². The predicted octanol–water partition coefficient (Wildman–Crippen LogP) is -1.83. The Balaban J connectivity index is 2.59. The third-order valence-electron chi connectivity index (χ3n) is 1.38. The number of aromatic nitrogens is 4. The number of nitrogens with zero attached hydrogens (tertiary/aromatic N) is 4. The zero-order chi connectivity index (χ0) is 10.6. The lowest BCUT2D eigenvalue weighted by Crippen LogP contribution is -2.25. The molecule has 0 radical (unpaired) electrons. The molecular weight excluding hydrogens is 208 g/mol. The average Bonchev–Trinajstić information content (AvgIpc) is 2.47. The smallest absolute Gasteiger partial charge is 0.276 e. The van der Waals surface area contributed by atoms with E-state index in [4.69, 9.17) is 0 Å². The minimum Gasteiger partial charge on any atom is -0.319 e. The van der Waals surface area contributed by atoms with E-state index in [0.717, 1.165) is 0 Å². The van der Waals surface area contributed by atoms with Crippen molar-refractivity contribution in [1.29, 1.82) is 0 Å². The maximum atomic E-state index is 11.3. The minimum atomic E-state index is -3.37. The molecule has 0 aliphatic rings. The molecule has 0 spiro atoms. The van der Waals surface area contributed by atoms with Gasteiger partial charge >= 0.3 is 0 Å². The van der Waals surface area contributed by atoms with E-state index in [1.807, 2.05) is 0 Å². The van der Waals surface area contributed by atoms with E-state index < -0.39 is 10.0 Å². The summed E-state index contributed by atoms with van der Waals surface area (Å²) in [6.45, 7) is 0.371. The first-order valence-electron chi connectivity index (χ1n) is 3.92. The van der Waals surface area contributed by atoms with Crippen LogP contribution in [0, 0.1) is 0 Å². The van der Waals surface area contributed by atoms with Crippen molar-refractivity contribution in [2.45, 2.75) is 0 Å². The third kappa shape index (κ3) is 3.26. The van der Waals surface area contributed by atoms with Crippen LogP contribution in [0.3, 0.4) is 0 Å². The van der Waals surface area contributed by atoms with Crippen molar-refractivity contribution in [3.05, 3.63) is 0 Å². The van der Waals surface area contributed by atoms with Gasteiger partial charge < -0.3 is 5.32 Å². The SMILES string of the molecule is CNCCS(=O)(=O)Nc1nnn(C)n1. The molecule has 0 saturated heterocycles. The standard InChI is InChI=1S/C5H12N6O2S/c1-6-3-4-14(12,13)9-5-7-10-11(2)8-5/h6H,3-4H2,1-2H3,(H,8,9). The fourth-order valence-electron chi connectivity index (χ4n) is 0.752. The molecule has 80 valence electrons. The van der Waals surface area contributed by atoms with Crippen LogP contribution in [0.4, 0.5) is 5.95 Å². The van der Waals surface area contributed by atoms with E-state index in [1.165, 1.54) is 4.80 Å². The van der Waals surface area contributed by atoms with E-state index >= 15 is 0 Å². The van der Waals surface area contributed by atoms with Gasteiger partial charge in [0.25, 0.3) is 5.95 Å². The summed E-state index contributed by atoms with van der Waals surface area (Å²) in [5.74, 6) is -0.0366. The number of hydrogen-bond acceptors (Lipinski definition) is 6. The highest BCUT2D eigenvalue weighted by molar-refractivity contribution is 7.92. The van der Waals surface area contributed by atoms with Crippen LogP contribution in [0.5, 0.6) is 0 Å². The summed E-state index contributed by atoms with van der Waals surface area (Å²) in [6, 6.07) is 0. The molecule has 1 rings (SSSR count). The fraction of sp³-hybridized carbons (Fsp3) is 0.800. The summed E-state index contributed by atoms with van der Waals surface area (Å²) >= 11 is 0. The molecule has 0 aliphatic carbocycles. The van der Waals surface area contributed by atoms with Crippen LogP contribution in [0.1, 0.15) is 0 Å². The monoisotopic (exact) mass is 220 g/mol. The van der Waals surface area contributed by atoms with E-state index in [9.17, 15) is 8.42 Å². The second-order valence-corrected chi connectivity index (χ2v) is 4.47. The number of anilines is 1. The van der Waals surface area contributed by atoms with Crippen LogP contribution >= 0.6 is 0 Å². The second-order valence-electron chi connectivity index (χ2n) is 2.63. The van der Waals surface area contributed by atoms with Crippen LogP contribution in [-0.2, 0) is 17.1 Å². The topological polar surface area (TPSA) is 102 Å². The van der Waals surface area contributed by atoms with Gasteiger partial charge in [-0.05, 0) is 12.3 Å². The van der Waals surface area contributed by atoms with Crippen molar-refractivity contribution in [2.24, 2.45) is 7.05 Å². The Morgan fingerprint density at radius 3 is 2.71 bits per heavy atom. The molecule has 0 saturated carbocycles. The number of sulfonamides is 1. The van der Waals surface area contributed by atoms with Crippen molar-refractivity contribution in [3.8, 4) is 0 Å². The van der Waals surface area contributed by atoms with Gasteiger partial charge in [-0.25, -0.2) is 13.1 Å². The van der Waals surface area contributed by atoms with Gasteiger partial charge in [-0.2, -0.15) is 4.80 Å². The average molecular weight is 220 g/mol. The fourth-order valence-corrected chi connectivity index (χ4v) is 1.69. The van der Waals surface area contributed by atoms with Gasteiger partial charge in [-0.3, -0.25) is 0 Å². The molecule has 1 aromatic rings. The summed E-state index contributed by atoms with van der Waals surface area (Å²) in [4.78, 5) is 1.18. The Hall–Kier alpha value is -1.22. The first-order valence-corrected chi connectivity index (χ1v) is 5.58. The van der Waals surface area contributed by atoms with Crippen LogP contribution in [-0.4, -0.2) is 48.0 Å². The van der Waals surface area contributed by atoms with Crippen molar-refractivity contribution in [1.82, 2.24) is 25.5 Å². The van der Waals surface area contributed by atoms with Gasteiger partial charge in [0.1, 0.15) is 0 Å². The molecule has 0 aromatic carbocycles. The summed E-state index contributed by atoms with van der Waals surface area (Å²) in [5, 5.41) is 13.4. The molecule has 9 heteroatoms. The Morgan fingerprint density at radius 1 is 1.50 bits per heavy atom. The third-order valence-corrected chi connectivity index (χ3v) is 2.61. The van der Waals surface area contributed by atoms with Crippen molar-refractivity contribution in [2.75, 3.05) is 24.1 Å². The molecule has 0 atom stereocenters. The summed E-state index contributed by atoms with van der Waals surface area (Å²) < 4.78 is 24.8. The summed E-state index contributed by atoms with van der Waals surface area (Å²) in [7, 11) is -0.144. The Morgan fingerprint density at radius 2 is 2.21 bits per heavy atom. The van der Waals surface area contributed by atoms with Crippen LogP contribution < -0.4 is 10.0 Å². The normalized spacial score (nSPS) is 11.6. The molecule has 0 bridgehead atoms. The summed E-state index contributed by atoms with van der Waals surface area (Å²) in [6.07, 6.45) is 0. The number of aryl methyl sites for hydroxylation is 1. The van der Waals surface area contributed by atoms with Gasteiger partial charge in [-0.1, -0.05) is 5.10 Å². The molecular formula is C5H12N6O2S. The van der Waals surface area contributed by atoms with E-state index in [1.54, 1.807) is 14.1 Å². The zero-order valence-electron chi connectivity index (χ0n) is 7.93. The minimum absolute atomic E-state index is 0.0106. The quantitative estimate of drug-likeness (QED) is 0.605. The zero-order valence-corrected chi connectivity index (χ0v) is 8.74. The Bertz CT molecular complexity index is 385. The molecule has 0 unspecified atom stereocenters. The lowest BCUT2D eigenvalue weighted by molar-refractivity contribution is 0.598. The highest BCUT2D eigenvalue weighted by Gasteiger charge is 2.12. The molecule has 14 heavy (non-hydrogen) atoms. The molecule has 0 fully saturated rings. The predicted molar refractivity (Wildman–Crippen MR) is 50.1 cm³/mol. The molecule has 1 aromatic heterocycles. The Kier molecular flexibility index (Phi) is 3.36. The highest BCUT2D eigenvalue weighted by atomic mass is 32.2. The maximum absolute atomic E-state index is 11.3. The van der Waals surface area contributed by atoms with Gasteiger partial charge in [-0.15, -0.1) is 5.10 Å². The van der Waals surface area contributed by atoms with Gasteiger partial charge in [0, 0.05) is 6.54 Å². The van der Waals surface area contributed by atoms with Crippen LogP contribution in [0.2, 0.25) is 0 Å². The maximum Gasteiger partial charge on any atom is 0.276 e. The van der Waals surface area contributed by atoms with Gasteiger partial charge in [0.05, 0.1) is 12.8 Å². The lowest BCUT2D eigenvalue weighted by atomic mass is 10.8. The molecule has 1 heterocycles. The Labute approximate surface area is 81.7 Å². The molecule has 0 amide bonds. The van der Waals surface area contributed by atoms with E-state index in [0.29, 0.717) is 6.54 Å². The lowest BCUT2D eigenvalue weighted by Gasteiger charge is -2.02. The second kappa shape index (κ2) is 4.33. The number of nitrogens with one attached hydrogen (secondary N) is 2. The number of tetrazole rings is 1. The first-order chi connectivity index (χ1) is 6.53. The van der Waals surface area contributed by atoms with E-state index in [-0.39, 0.29) is 11.7 Å². The largest absolute Gasteiger partial charge is 0.319 e. The van der Waals surface area contributed by atoms with Crippen molar-refractivity contribution < 1.29 is 8.42 Å². The van der Waals surface area contributed by atoms with Gasteiger partial charge in [0.2, 0.25) is 10.0 Å².